The lowest BCUT2D eigenvalue weighted by Crippen LogP contribution is -2.53. The second-order valence-electron chi connectivity index (χ2n) is 6.88. The summed E-state index contributed by atoms with van der Waals surface area (Å²) in [4.78, 5) is 45.3. The number of nitrogens with zero attached hydrogens (tertiary/aromatic N) is 2. The molecular weight excluding hydrogens is 350 g/mol. The molecule has 1 saturated heterocycles. The summed E-state index contributed by atoms with van der Waals surface area (Å²) in [5.74, 6) is 0.0225. The van der Waals surface area contributed by atoms with Crippen molar-refractivity contribution in [3.63, 3.8) is 0 Å². The molecule has 1 aliphatic heterocycles. The molecule has 2 aromatic rings. The number of hydrogen-bond donors (Lipinski definition) is 3. The van der Waals surface area contributed by atoms with Crippen LogP contribution in [0.4, 0.5) is 0 Å². The molecule has 0 radical (unpaired) electrons. The van der Waals surface area contributed by atoms with Crippen LogP contribution < -0.4 is 16.4 Å². The Labute approximate surface area is 155 Å². The molecule has 1 aromatic carbocycles. The summed E-state index contributed by atoms with van der Waals surface area (Å²) in [6.45, 7) is 1.75. The number of hydrazine groups is 1. The van der Waals surface area contributed by atoms with Gasteiger partial charge >= 0.3 is 0 Å². The Kier molecular flexibility index (Phi) is 4.87. The highest BCUT2D eigenvalue weighted by Gasteiger charge is 2.31. The van der Waals surface area contributed by atoms with E-state index in [1.54, 1.807) is 18.2 Å². The van der Waals surface area contributed by atoms with Crippen molar-refractivity contribution in [2.45, 2.75) is 25.5 Å². The summed E-state index contributed by atoms with van der Waals surface area (Å²) in [6.07, 6.45) is 1.05. The van der Waals surface area contributed by atoms with Crippen molar-refractivity contribution in [3.8, 4) is 0 Å². The first-order valence-electron chi connectivity index (χ1n) is 9.02. The van der Waals surface area contributed by atoms with Gasteiger partial charge in [0.15, 0.2) is 6.10 Å². The highest BCUT2D eigenvalue weighted by atomic mass is 16.5. The predicted molar refractivity (Wildman–Crippen MR) is 96.4 cm³/mol. The number of H-pyrrole nitrogens is 1. The summed E-state index contributed by atoms with van der Waals surface area (Å²) in [6, 6.07) is 7.16. The first-order valence-corrected chi connectivity index (χ1v) is 9.02. The van der Waals surface area contributed by atoms with E-state index in [9.17, 15) is 14.4 Å². The first kappa shape index (κ1) is 17.6. The number of aromatic amines is 1. The number of aromatic nitrogens is 2. The Bertz CT molecular complexity index is 923. The molecule has 1 unspecified atom stereocenters. The van der Waals surface area contributed by atoms with E-state index >= 15 is 0 Å². The van der Waals surface area contributed by atoms with Crippen LogP contribution in [0.25, 0.3) is 10.9 Å². The van der Waals surface area contributed by atoms with Crippen molar-refractivity contribution < 1.29 is 14.3 Å². The van der Waals surface area contributed by atoms with E-state index in [2.05, 4.69) is 20.8 Å². The third-order valence-corrected chi connectivity index (χ3v) is 4.74. The second kappa shape index (κ2) is 7.45. The molecule has 1 aliphatic carbocycles. The van der Waals surface area contributed by atoms with Gasteiger partial charge in [0.25, 0.3) is 11.5 Å². The first-order chi connectivity index (χ1) is 13.1. The molecule has 0 bridgehead atoms. The number of fused-ring (bicyclic) bond motifs is 1. The summed E-state index contributed by atoms with van der Waals surface area (Å²) in [5.41, 5.74) is 5.33. The van der Waals surface area contributed by atoms with Gasteiger partial charge < -0.3 is 9.72 Å². The number of carbonyl (C=O) groups is 2. The van der Waals surface area contributed by atoms with Gasteiger partial charge in [0.2, 0.25) is 5.91 Å². The number of carbonyl (C=O) groups excluding carboxylic acids is 2. The lowest BCUT2D eigenvalue weighted by Gasteiger charge is -2.31. The van der Waals surface area contributed by atoms with Crippen LogP contribution >= 0.6 is 0 Å². The van der Waals surface area contributed by atoms with Gasteiger partial charge in [-0.1, -0.05) is 12.1 Å². The summed E-state index contributed by atoms with van der Waals surface area (Å²) in [7, 11) is 0. The Morgan fingerprint density at radius 3 is 2.81 bits per heavy atom. The number of rotatable bonds is 4. The second-order valence-corrected chi connectivity index (χ2v) is 6.88. The van der Waals surface area contributed by atoms with Crippen LogP contribution in [-0.4, -0.2) is 52.5 Å². The van der Waals surface area contributed by atoms with Crippen molar-refractivity contribution in [2.75, 3.05) is 19.7 Å². The molecule has 2 heterocycles. The van der Waals surface area contributed by atoms with Gasteiger partial charge in [-0.05, 0) is 25.0 Å². The van der Waals surface area contributed by atoms with Crippen LogP contribution in [0.15, 0.2) is 29.1 Å². The minimum Gasteiger partial charge on any atom is -0.366 e. The van der Waals surface area contributed by atoms with E-state index in [1.165, 1.54) is 0 Å². The molecule has 1 saturated carbocycles. The van der Waals surface area contributed by atoms with E-state index in [-0.39, 0.29) is 23.3 Å². The fourth-order valence-electron chi connectivity index (χ4n) is 3.08. The molecule has 1 aromatic heterocycles. The number of benzene rings is 1. The van der Waals surface area contributed by atoms with Gasteiger partial charge in [-0.25, -0.2) is 4.98 Å². The predicted octanol–water partition coefficient (Wildman–Crippen LogP) is -0.319. The maximum Gasteiger partial charge on any atom is 0.268 e. The Hall–Kier alpha value is -2.78. The largest absolute Gasteiger partial charge is 0.366 e. The van der Waals surface area contributed by atoms with Crippen LogP contribution in [0.3, 0.4) is 0 Å². The SMILES string of the molecule is O=C(NNC(=O)C1CN(Cc2nc3ccccc3c(=O)[nH]2)CCO1)C1CC1. The Morgan fingerprint density at radius 2 is 2.00 bits per heavy atom. The topological polar surface area (TPSA) is 116 Å². The van der Waals surface area contributed by atoms with Crippen molar-refractivity contribution in [2.24, 2.45) is 5.92 Å². The summed E-state index contributed by atoms with van der Waals surface area (Å²) >= 11 is 0. The fourth-order valence-corrected chi connectivity index (χ4v) is 3.08. The standard InChI is InChI=1S/C18H21N5O4/c24-16(11-5-6-11)21-22-18(26)14-9-23(7-8-27-14)10-15-19-13-4-2-1-3-12(13)17(25)20-15/h1-4,11,14H,5-10H2,(H,21,24)(H,22,26)(H,19,20,25). The van der Waals surface area contributed by atoms with Gasteiger partial charge in [0, 0.05) is 19.0 Å². The highest BCUT2D eigenvalue weighted by Crippen LogP contribution is 2.28. The van der Waals surface area contributed by atoms with Crippen LogP contribution in [0.5, 0.6) is 0 Å². The monoisotopic (exact) mass is 371 g/mol. The van der Waals surface area contributed by atoms with Gasteiger partial charge in [-0.3, -0.25) is 30.1 Å². The molecular formula is C18H21N5O4. The molecule has 142 valence electrons. The fraction of sp³-hybridized carbons (Fsp3) is 0.444. The van der Waals surface area contributed by atoms with Crippen molar-refractivity contribution in [1.29, 1.82) is 0 Å². The maximum absolute atomic E-state index is 12.2. The number of amides is 2. The summed E-state index contributed by atoms with van der Waals surface area (Å²) in [5, 5.41) is 0.548. The molecule has 0 spiro atoms. The van der Waals surface area contributed by atoms with Crippen LogP contribution in [0.2, 0.25) is 0 Å². The Balaban J connectivity index is 1.37. The molecule has 3 N–H and O–H groups in total. The lowest BCUT2D eigenvalue weighted by atomic mass is 10.2. The average Bonchev–Trinajstić information content (AvgIpc) is 3.51. The maximum atomic E-state index is 12.2. The highest BCUT2D eigenvalue weighted by molar-refractivity contribution is 5.86. The van der Waals surface area contributed by atoms with Crippen LogP contribution in [0.1, 0.15) is 18.7 Å². The quantitative estimate of drug-likeness (QED) is 0.635. The third-order valence-electron chi connectivity index (χ3n) is 4.74. The zero-order valence-electron chi connectivity index (χ0n) is 14.7. The number of hydrogen-bond acceptors (Lipinski definition) is 6. The minimum absolute atomic E-state index is 0.0184. The van der Waals surface area contributed by atoms with E-state index in [4.69, 9.17) is 4.74 Å². The molecule has 2 aliphatic rings. The van der Waals surface area contributed by atoms with E-state index in [0.717, 1.165) is 12.8 Å². The lowest BCUT2D eigenvalue weighted by molar-refractivity contribution is -0.142. The van der Waals surface area contributed by atoms with Crippen molar-refractivity contribution in [3.05, 3.63) is 40.4 Å². The third kappa shape index (κ3) is 4.15. The molecule has 2 fully saturated rings. The van der Waals surface area contributed by atoms with Crippen molar-refractivity contribution in [1.82, 2.24) is 25.7 Å². The zero-order chi connectivity index (χ0) is 18.8. The molecule has 9 heteroatoms. The van der Waals surface area contributed by atoms with Crippen LogP contribution in [0, 0.1) is 5.92 Å². The van der Waals surface area contributed by atoms with E-state index in [1.807, 2.05) is 11.0 Å². The number of para-hydroxylation sites is 1. The molecule has 1 atom stereocenters. The zero-order valence-corrected chi connectivity index (χ0v) is 14.7. The number of nitrogens with one attached hydrogen (secondary N) is 3. The normalized spacial score (nSPS) is 20.4. The van der Waals surface area contributed by atoms with Gasteiger partial charge in [0.1, 0.15) is 5.82 Å². The van der Waals surface area contributed by atoms with Gasteiger partial charge in [-0.15, -0.1) is 0 Å². The molecule has 27 heavy (non-hydrogen) atoms. The molecule has 9 nitrogen and oxygen atoms in total. The number of morpholine rings is 1. The smallest absolute Gasteiger partial charge is 0.268 e. The summed E-state index contributed by atoms with van der Waals surface area (Å²) < 4.78 is 5.51. The van der Waals surface area contributed by atoms with E-state index in [0.29, 0.717) is 43.0 Å². The molecule has 2 amide bonds. The molecule has 4 rings (SSSR count). The van der Waals surface area contributed by atoms with E-state index < -0.39 is 6.10 Å². The average molecular weight is 371 g/mol. The minimum atomic E-state index is -0.689. The van der Waals surface area contributed by atoms with Gasteiger partial charge in [0.05, 0.1) is 24.1 Å². The number of ether oxygens (including phenoxy) is 1. The van der Waals surface area contributed by atoms with Crippen LogP contribution in [-0.2, 0) is 20.9 Å². The Morgan fingerprint density at radius 1 is 1.22 bits per heavy atom. The van der Waals surface area contributed by atoms with Crippen molar-refractivity contribution >= 4 is 22.7 Å². The van der Waals surface area contributed by atoms with Gasteiger partial charge in [-0.2, -0.15) is 0 Å².